The van der Waals surface area contributed by atoms with Crippen LogP contribution in [0.2, 0.25) is 0 Å². The topological polar surface area (TPSA) is 95.9 Å². The Labute approximate surface area is 361 Å². The number of nitrogens with one attached hydrogen (secondary N) is 1. The Hall–Kier alpha value is -1.66. The smallest absolute Gasteiger partial charge is 0.305 e. The fraction of sp³-hybridized carbons (Fsp3) is 0.885. The molecule has 2 atom stereocenters. The fourth-order valence-electron chi connectivity index (χ4n) is 7.74. The number of carbonyl (C=O) groups is 2. The monoisotopic (exact) mass is 818 g/mol. The van der Waals surface area contributed by atoms with Crippen LogP contribution in [0.5, 0.6) is 0 Å². The van der Waals surface area contributed by atoms with Crippen molar-refractivity contribution in [2.45, 2.75) is 283 Å². The summed E-state index contributed by atoms with van der Waals surface area (Å²) in [6, 6.07) is -0.645. The van der Waals surface area contributed by atoms with Gasteiger partial charge in [-0.25, -0.2) is 0 Å². The molecule has 0 rings (SSSR count). The van der Waals surface area contributed by atoms with Crippen LogP contribution in [0.3, 0.4) is 0 Å². The van der Waals surface area contributed by atoms with E-state index in [1.165, 1.54) is 167 Å². The summed E-state index contributed by atoms with van der Waals surface area (Å²) in [5.41, 5.74) is 0. The first-order valence-corrected chi connectivity index (χ1v) is 25.6. The lowest BCUT2D eigenvalue weighted by Crippen LogP contribution is -2.45. The van der Waals surface area contributed by atoms with Crippen LogP contribution in [0.15, 0.2) is 24.3 Å². The van der Waals surface area contributed by atoms with Gasteiger partial charge in [-0.2, -0.15) is 0 Å². The predicted molar refractivity (Wildman–Crippen MR) is 250 cm³/mol. The summed E-state index contributed by atoms with van der Waals surface area (Å²) in [4.78, 5) is 24.4. The molecule has 6 heteroatoms. The molecule has 342 valence electrons. The first kappa shape index (κ1) is 56.3. The molecule has 0 aliphatic carbocycles. The molecule has 0 aromatic carbocycles. The van der Waals surface area contributed by atoms with Gasteiger partial charge in [0.15, 0.2) is 0 Å². The van der Waals surface area contributed by atoms with Crippen LogP contribution in [-0.4, -0.2) is 47.4 Å². The van der Waals surface area contributed by atoms with Gasteiger partial charge in [0.25, 0.3) is 0 Å². The molecule has 0 heterocycles. The molecule has 0 spiro atoms. The third-order valence-electron chi connectivity index (χ3n) is 11.7. The van der Waals surface area contributed by atoms with Crippen molar-refractivity contribution in [2.24, 2.45) is 0 Å². The van der Waals surface area contributed by atoms with Gasteiger partial charge in [0.1, 0.15) is 0 Å². The minimum atomic E-state index is -0.859. The zero-order chi connectivity index (χ0) is 42.3. The van der Waals surface area contributed by atoms with Gasteiger partial charge in [0.2, 0.25) is 5.91 Å². The van der Waals surface area contributed by atoms with Gasteiger partial charge in [0.05, 0.1) is 25.4 Å². The van der Waals surface area contributed by atoms with Gasteiger partial charge >= 0.3 is 5.97 Å². The number of amides is 1. The molecular formula is C52H99NO5. The van der Waals surface area contributed by atoms with E-state index >= 15 is 0 Å². The van der Waals surface area contributed by atoms with Crippen molar-refractivity contribution >= 4 is 11.9 Å². The van der Waals surface area contributed by atoms with Crippen molar-refractivity contribution in [2.75, 3.05) is 13.2 Å². The van der Waals surface area contributed by atoms with E-state index in [0.717, 1.165) is 77.0 Å². The predicted octanol–water partition coefficient (Wildman–Crippen LogP) is 15.1. The SMILES string of the molecule is CCCCCCCCCCCCCC/C=C/C(O)C(CO)NC(=O)CCCCCCC/C=C\CCCCCOC(=O)CCCCCCCCCCCCCCCCC. The Morgan fingerprint density at radius 1 is 0.466 bits per heavy atom. The molecule has 2 unspecified atom stereocenters. The molecule has 0 bridgehead atoms. The third-order valence-corrected chi connectivity index (χ3v) is 11.7. The molecule has 0 fully saturated rings. The Kier molecular flexibility index (Phi) is 46.6. The summed E-state index contributed by atoms with van der Waals surface area (Å²) in [6.07, 6.45) is 56.0. The average molecular weight is 818 g/mol. The second-order valence-electron chi connectivity index (χ2n) is 17.5. The number of unbranched alkanes of at least 4 members (excludes halogenated alkanes) is 34. The number of rotatable bonds is 47. The van der Waals surface area contributed by atoms with Crippen molar-refractivity contribution < 1.29 is 24.5 Å². The van der Waals surface area contributed by atoms with Crippen LogP contribution in [0.25, 0.3) is 0 Å². The maximum absolute atomic E-state index is 12.4. The Morgan fingerprint density at radius 2 is 0.810 bits per heavy atom. The lowest BCUT2D eigenvalue weighted by Gasteiger charge is -2.20. The normalized spacial score (nSPS) is 12.8. The van der Waals surface area contributed by atoms with Crippen molar-refractivity contribution in [1.82, 2.24) is 5.32 Å². The van der Waals surface area contributed by atoms with Crippen LogP contribution >= 0.6 is 0 Å². The number of allylic oxidation sites excluding steroid dienone is 3. The summed E-state index contributed by atoms with van der Waals surface area (Å²) in [5, 5.41) is 23.0. The zero-order valence-corrected chi connectivity index (χ0v) is 38.8. The number of esters is 1. The van der Waals surface area contributed by atoms with Gasteiger partial charge in [-0.05, 0) is 64.2 Å². The Bertz CT molecular complexity index is 904. The lowest BCUT2D eigenvalue weighted by atomic mass is 10.0. The zero-order valence-electron chi connectivity index (χ0n) is 38.8. The highest BCUT2D eigenvalue weighted by Crippen LogP contribution is 2.16. The van der Waals surface area contributed by atoms with E-state index < -0.39 is 12.1 Å². The minimum absolute atomic E-state index is 0.0218. The standard InChI is InChI=1S/C52H99NO5/c1-3-5-7-9-11-13-15-17-19-21-26-30-34-38-42-46-52(57)58-47-43-39-35-31-27-23-22-25-29-33-37-41-45-51(56)53-49(48-54)50(55)44-40-36-32-28-24-20-18-16-14-12-10-8-6-4-2/h23,27,40,44,49-50,54-55H,3-22,24-26,28-39,41-43,45-48H2,1-2H3,(H,53,56)/b27-23-,44-40+. The van der Waals surface area contributed by atoms with E-state index in [4.69, 9.17) is 4.74 Å². The number of aliphatic hydroxyl groups excluding tert-OH is 2. The van der Waals surface area contributed by atoms with Crippen molar-refractivity contribution in [3.05, 3.63) is 24.3 Å². The third kappa shape index (κ3) is 43.9. The Balaban J connectivity index is 3.53. The van der Waals surface area contributed by atoms with E-state index in [1.54, 1.807) is 6.08 Å². The molecule has 0 saturated carbocycles. The second kappa shape index (κ2) is 48.0. The molecule has 0 radical (unpaired) electrons. The average Bonchev–Trinajstić information content (AvgIpc) is 3.22. The minimum Gasteiger partial charge on any atom is -0.466 e. The first-order chi connectivity index (χ1) is 28.5. The number of hydrogen-bond acceptors (Lipinski definition) is 5. The molecular weight excluding hydrogens is 719 g/mol. The molecule has 58 heavy (non-hydrogen) atoms. The molecule has 0 aliphatic heterocycles. The maximum Gasteiger partial charge on any atom is 0.305 e. The van der Waals surface area contributed by atoms with E-state index in [9.17, 15) is 19.8 Å². The van der Waals surface area contributed by atoms with E-state index in [1.807, 2.05) is 6.08 Å². The molecule has 1 amide bonds. The van der Waals surface area contributed by atoms with Crippen LogP contribution < -0.4 is 5.32 Å². The molecule has 6 nitrogen and oxygen atoms in total. The summed E-state index contributed by atoms with van der Waals surface area (Å²) in [7, 11) is 0. The number of ether oxygens (including phenoxy) is 1. The van der Waals surface area contributed by atoms with Gasteiger partial charge < -0.3 is 20.3 Å². The molecule has 0 aromatic rings. The number of hydrogen-bond donors (Lipinski definition) is 3. The second-order valence-corrected chi connectivity index (χ2v) is 17.5. The molecule has 0 aromatic heterocycles. The largest absolute Gasteiger partial charge is 0.466 e. The van der Waals surface area contributed by atoms with E-state index in [-0.39, 0.29) is 18.5 Å². The molecule has 3 N–H and O–H groups in total. The number of aliphatic hydroxyl groups is 2. The summed E-state index contributed by atoms with van der Waals surface area (Å²) >= 11 is 0. The van der Waals surface area contributed by atoms with Crippen molar-refractivity contribution in [3.8, 4) is 0 Å². The van der Waals surface area contributed by atoms with Crippen molar-refractivity contribution in [3.63, 3.8) is 0 Å². The summed E-state index contributed by atoms with van der Waals surface area (Å²) in [6.45, 7) is 4.84. The van der Waals surface area contributed by atoms with Gasteiger partial charge in [-0.15, -0.1) is 0 Å². The van der Waals surface area contributed by atoms with Crippen LogP contribution in [0, 0.1) is 0 Å². The molecule has 0 saturated heterocycles. The quantitative estimate of drug-likeness (QED) is 0.0323. The van der Waals surface area contributed by atoms with Crippen LogP contribution in [0.4, 0.5) is 0 Å². The van der Waals surface area contributed by atoms with Gasteiger partial charge in [-0.1, -0.05) is 218 Å². The Morgan fingerprint density at radius 3 is 1.22 bits per heavy atom. The van der Waals surface area contributed by atoms with E-state index in [2.05, 4.69) is 31.3 Å². The van der Waals surface area contributed by atoms with Gasteiger partial charge in [-0.3, -0.25) is 9.59 Å². The molecule has 0 aliphatic rings. The first-order valence-electron chi connectivity index (χ1n) is 25.6. The maximum atomic E-state index is 12.4. The highest BCUT2D eigenvalue weighted by molar-refractivity contribution is 5.76. The highest BCUT2D eigenvalue weighted by atomic mass is 16.5. The van der Waals surface area contributed by atoms with Gasteiger partial charge in [0, 0.05) is 12.8 Å². The fourth-order valence-corrected chi connectivity index (χ4v) is 7.74. The highest BCUT2D eigenvalue weighted by Gasteiger charge is 2.18. The summed E-state index contributed by atoms with van der Waals surface area (Å²) in [5.74, 6) is -0.115. The number of carbonyl (C=O) groups excluding carboxylic acids is 2. The van der Waals surface area contributed by atoms with E-state index in [0.29, 0.717) is 19.4 Å². The summed E-state index contributed by atoms with van der Waals surface area (Å²) < 4.78 is 5.45. The van der Waals surface area contributed by atoms with Crippen LogP contribution in [-0.2, 0) is 14.3 Å². The lowest BCUT2D eigenvalue weighted by molar-refractivity contribution is -0.143. The van der Waals surface area contributed by atoms with Crippen LogP contribution in [0.1, 0.15) is 271 Å². The van der Waals surface area contributed by atoms with Crippen molar-refractivity contribution in [1.29, 1.82) is 0 Å².